The number of nitrogens with zero attached hydrogens (tertiary/aromatic N) is 1. The molecule has 0 saturated carbocycles. The number of aryl methyl sites for hydroxylation is 2. The van der Waals surface area contributed by atoms with E-state index in [4.69, 9.17) is 10.5 Å². The van der Waals surface area contributed by atoms with Gasteiger partial charge in [0.15, 0.2) is 0 Å². The summed E-state index contributed by atoms with van der Waals surface area (Å²) in [6, 6.07) is 8.15. The maximum absolute atomic E-state index is 5.98. The van der Waals surface area contributed by atoms with Crippen molar-refractivity contribution in [1.29, 1.82) is 0 Å². The van der Waals surface area contributed by atoms with Gasteiger partial charge in [0, 0.05) is 11.3 Å². The van der Waals surface area contributed by atoms with Crippen molar-refractivity contribution in [3.8, 4) is 5.75 Å². The van der Waals surface area contributed by atoms with Crippen molar-refractivity contribution in [2.24, 2.45) is 0 Å². The fraction of sp³-hybridized carbons (Fsp3) is 0.438. The van der Waals surface area contributed by atoms with Crippen LogP contribution in [0.25, 0.3) is 0 Å². The van der Waals surface area contributed by atoms with E-state index in [0.717, 1.165) is 29.8 Å². The molecule has 108 valence electrons. The minimum atomic E-state index is 0.000788. The molecule has 4 heteroatoms. The Hall–Kier alpha value is -1.97. The number of nitrogen functional groups attached to an aromatic ring is 1. The minimum absolute atomic E-state index is 0.000788. The van der Waals surface area contributed by atoms with Gasteiger partial charge in [-0.05, 0) is 36.0 Å². The maximum Gasteiger partial charge on any atom is 0.149 e. The Morgan fingerprint density at radius 3 is 2.65 bits per heavy atom. The Bertz CT molecular complexity index is 582. The number of H-pyrrole nitrogens is 1. The van der Waals surface area contributed by atoms with Gasteiger partial charge in [0.25, 0.3) is 0 Å². The van der Waals surface area contributed by atoms with Crippen LogP contribution in [0.2, 0.25) is 0 Å². The number of methoxy groups -OCH3 is 1. The van der Waals surface area contributed by atoms with Crippen LogP contribution < -0.4 is 10.5 Å². The van der Waals surface area contributed by atoms with Crippen molar-refractivity contribution in [1.82, 2.24) is 10.2 Å². The van der Waals surface area contributed by atoms with Gasteiger partial charge < -0.3 is 10.5 Å². The van der Waals surface area contributed by atoms with Gasteiger partial charge in [-0.15, -0.1) is 0 Å². The molecule has 0 atom stereocenters. The number of aromatic nitrogens is 2. The molecule has 0 saturated heterocycles. The summed E-state index contributed by atoms with van der Waals surface area (Å²) < 4.78 is 5.25. The molecular weight excluding hydrogens is 250 g/mol. The zero-order chi connectivity index (χ0) is 14.8. The van der Waals surface area contributed by atoms with Crippen molar-refractivity contribution in [2.45, 2.75) is 39.0 Å². The van der Waals surface area contributed by atoms with Gasteiger partial charge in [0.2, 0.25) is 0 Å². The lowest BCUT2D eigenvalue weighted by atomic mass is 9.85. The fourth-order valence-electron chi connectivity index (χ4n) is 2.51. The van der Waals surface area contributed by atoms with Crippen LogP contribution in [0, 0.1) is 0 Å². The summed E-state index contributed by atoms with van der Waals surface area (Å²) >= 11 is 0. The average Bonchev–Trinajstić information content (AvgIpc) is 2.77. The molecule has 0 aliphatic rings. The van der Waals surface area contributed by atoms with Crippen LogP contribution in [0.5, 0.6) is 5.75 Å². The van der Waals surface area contributed by atoms with Gasteiger partial charge in [0.1, 0.15) is 11.6 Å². The van der Waals surface area contributed by atoms with Gasteiger partial charge in [-0.3, -0.25) is 5.10 Å². The first-order chi connectivity index (χ1) is 9.41. The number of hydrogen-bond acceptors (Lipinski definition) is 3. The highest BCUT2D eigenvalue weighted by atomic mass is 16.5. The summed E-state index contributed by atoms with van der Waals surface area (Å²) in [6.07, 6.45) is 1.83. The van der Waals surface area contributed by atoms with E-state index in [2.05, 4.69) is 43.1 Å². The van der Waals surface area contributed by atoms with E-state index in [1.165, 1.54) is 5.56 Å². The molecule has 3 N–H and O–H groups in total. The average molecular weight is 273 g/mol. The number of benzene rings is 1. The first kappa shape index (κ1) is 14.4. The van der Waals surface area contributed by atoms with Gasteiger partial charge >= 0.3 is 0 Å². The van der Waals surface area contributed by atoms with Crippen LogP contribution in [-0.4, -0.2) is 17.3 Å². The molecule has 0 spiro atoms. The molecule has 0 fully saturated rings. The van der Waals surface area contributed by atoms with Crippen LogP contribution in [-0.2, 0) is 18.3 Å². The second kappa shape index (κ2) is 5.57. The lowest BCUT2D eigenvalue weighted by Gasteiger charge is -2.19. The van der Waals surface area contributed by atoms with E-state index < -0.39 is 0 Å². The minimum Gasteiger partial charge on any atom is -0.497 e. The molecule has 2 aromatic rings. The molecule has 4 nitrogen and oxygen atoms in total. The second-order valence-electron chi connectivity index (χ2n) is 6.06. The Kier molecular flexibility index (Phi) is 4.02. The molecule has 0 aliphatic heterocycles. The monoisotopic (exact) mass is 273 g/mol. The van der Waals surface area contributed by atoms with Gasteiger partial charge in [0.05, 0.1) is 7.11 Å². The summed E-state index contributed by atoms with van der Waals surface area (Å²) in [5.41, 5.74) is 9.48. The predicted octanol–water partition coefficient (Wildman–Crippen LogP) is 3.08. The van der Waals surface area contributed by atoms with E-state index in [9.17, 15) is 0 Å². The third kappa shape index (κ3) is 3.13. The number of hydrogen-bond donors (Lipinski definition) is 2. The summed E-state index contributed by atoms with van der Waals surface area (Å²) in [5.74, 6) is 1.50. The molecule has 0 unspecified atom stereocenters. The highest BCUT2D eigenvalue weighted by Crippen LogP contribution is 2.30. The van der Waals surface area contributed by atoms with Crippen LogP contribution >= 0.6 is 0 Å². The zero-order valence-electron chi connectivity index (χ0n) is 12.7. The molecule has 0 radical (unpaired) electrons. The molecule has 0 aliphatic carbocycles. The summed E-state index contributed by atoms with van der Waals surface area (Å²) in [7, 11) is 1.69. The van der Waals surface area contributed by atoms with Gasteiger partial charge in [-0.1, -0.05) is 32.9 Å². The van der Waals surface area contributed by atoms with Crippen LogP contribution in [0.4, 0.5) is 5.82 Å². The van der Waals surface area contributed by atoms with Crippen molar-refractivity contribution < 1.29 is 4.74 Å². The quantitative estimate of drug-likeness (QED) is 0.899. The third-order valence-corrected chi connectivity index (χ3v) is 3.42. The first-order valence-electron chi connectivity index (χ1n) is 6.88. The van der Waals surface area contributed by atoms with E-state index in [1.807, 2.05) is 12.1 Å². The fourth-order valence-corrected chi connectivity index (χ4v) is 2.51. The van der Waals surface area contributed by atoms with E-state index in [0.29, 0.717) is 5.82 Å². The lowest BCUT2D eigenvalue weighted by molar-refractivity contribution is 0.414. The Balaban J connectivity index is 2.15. The molecule has 1 aromatic heterocycles. The first-order valence-corrected chi connectivity index (χ1v) is 6.88. The predicted molar refractivity (Wildman–Crippen MR) is 82.1 cm³/mol. The van der Waals surface area contributed by atoms with Gasteiger partial charge in [-0.25, -0.2) is 0 Å². The SMILES string of the molecule is COc1cccc(CCc2[nH]nc(N)c2C(C)(C)C)c1. The standard InChI is InChI=1S/C16H23N3O/c1-16(2,3)14-13(18-19-15(14)17)9-8-11-6-5-7-12(10-11)20-4/h5-7,10H,8-9H2,1-4H3,(H3,17,18,19). The highest BCUT2D eigenvalue weighted by Gasteiger charge is 2.23. The summed E-state index contributed by atoms with van der Waals surface area (Å²) in [6.45, 7) is 6.47. The van der Waals surface area contributed by atoms with Crippen molar-refractivity contribution in [3.05, 3.63) is 41.1 Å². The molecule has 20 heavy (non-hydrogen) atoms. The molecule has 1 heterocycles. The number of nitrogens with two attached hydrogens (primary N) is 1. The third-order valence-electron chi connectivity index (χ3n) is 3.42. The highest BCUT2D eigenvalue weighted by molar-refractivity contribution is 5.47. The number of rotatable bonds is 4. The Morgan fingerprint density at radius 1 is 1.25 bits per heavy atom. The lowest BCUT2D eigenvalue weighted by Crippen LogP contribution is -2.15. The van der Waals surface area contributed by atoms with Crippen molar-refractivity contribution in [3.63, 3.8) is 0 Å². The van der Waals surface area contributed by atoms with Gasteiger partial charge in [-0.2, -0.15) is 5.10 Å². The number of ether oxygens (including phenoxy) is 1. The van der Waals surface area contributed by atoms with E-state index in [1.54, 1.807) is 7.11 Å². The molecule has 0 amide bonds. The smallest absolute Gasteiger partial charge is 0.149 e. The van der Waals surface area contributed by atoms with E-state index in [-0.39, 0.29) is 5.41 Å². The largest absolute Gasteiger partial charge is 0.497 e. The topological polar surface area (TPSA) is 63.9 Å². The Labute approximate surface area is 120 Å². The van der Waals surface area contributed by atoms with Crippen molar-refractivity contribution in [2.75, 3.05) is 12.8 Å². The number of nitrogens with one attached hydrogen (secondary N) is 1. The van der Waals surface area contributed by atoms with Crippen LogP contribution in [0.1, 0.15) is 37.6 Å². The Morgan fingerprint density at radius 2 is 2.00 bits per heavy atom. The second-order valence-corrected chi connectivity index (χ2v) is 6.06. The molecule has 1 aromatic carbocycles. The number of aromatic amines is 1. The van der Waals surface area contributed by atoms with Crippen LogP contribution in [0.3, 0.4) is 0 Å². The summed E-state index contributed by atoms with van der Waals surface area (Å²) in [4.78, 5) is 0. The maximum atomic E-state index is 5.98. The normalized spacial score (nSPS) is 11.6. The van der Waals surface area contributed by atoms with Crippen molar-refractivity contribution >= 4 is 5.82 Å². The molecular formula is C16H23N3O. The van der Waals surface area contributed by atoms with Crippen LogP contribution in [0.15, 0.2) is 24.3 Å². The number of anilines is 1. The molecule has 2 rings (SSSR count). The zero-order valence-corrected chi connectivity index (χ0v) is 12.7. The van der Waals surface area contributed by atoms with E-state index >= 15 is 0 Å². The summed E-state index contributed by atoms with van der Waals surface area (Å²) in [5, 5.41) is 7.23. The molecule has 0 bridgehead atoms.